The van der Waals surface area contributed by atoms with Gasteiger partial charge < -0.3 is 20.9 Å². The van der Waals surface area contributed by atoms with Crippen molar-refractivity contribution in [3.8, 4) is 11.4 Å². The monoisotopic (exact) mass is 460 g/mol. The van der Waals surface area contributed by atoms with Crippen LogP contribution in [0.2, 0.25) is 0 Å². The van der Waals surface area contributed by atoms with Gasteiger partial charge in [-0.3, -0.25) is 4.98 Å². The molecule has 2 atom stereocenters. The normalized spacial score (nSPS) is 20.8. The first-order valence-electron chi connectivity index (χ1n) is 12.4. The molecule has 1 aliphatic heterocycles. The first-order chi connectivity index (χ1) is 16.4. The number of hydrogen-bond donors (Lipinski definition) is 3. The van der Waals surface area contributed by atoms with E-state index in [9.17, 15) is 0 Å². The highest BCUT2D eigenvalue weighted by Crippen LogP contribution is 2.45. The maximum Gasteiger partial charge on any atom is 0.162 e. The maximum atomic E-state index is 5.22. The fourth-order valence-corrected chi connectivity index (χ4v) is 5.14. The SMILES string of the molecule is CNC(C)Nc1cc(-c2nc(N(C)C3CCNCC3(C)C)c3c(C4CC4)cncc3n2)ccn1. The molecule has 0 radical (unpaired) electrons. The molecule has 1 aliphatic carbocycles. The lowest BCUT2D eigenvalue weighted by Gasteiger charge is -2.45. The Morgan fingerprint density at radius 3 is 2.74 bits per heavy atom. The molecule has 1 saturated heterocycles. The zero-order chi connectivity index (χ0) is 23.9. The maximum absolute atomic E-state index is 5.22. The van der Waals surface area contributed by atoms with Crippen molar-refractivity contribution in [1.82, 2.24) is 30.6 Å². The summed E-state index contributed by atoms with van der Waals surface area (Å²) < 4.78 is 0. The molecule has 3 aromatic rings. The molecule has 0 bridgehead atoms. The van der Waals surface area contributed by atoms with E-state index < -0.39 is 0 Å². The summed E-state index contributed by atoms with van der Waals surface area (Å²) in [5, 5.41) is 11.3. The summed E-state index contributed by atoms with van der Waals surface area (Å²) in [6, 6.07) is 4.38. The van der Waals surface area contributed by atoms with E-state index >= 15 is 0 Å². The third kappa shape index (κ3) is 4.44. The molecule has 8 heteroatoms. The predicted molar refractivity (Wildman–Crippen MR) is 138 cm³/mol. The van der Waals surface area contributed by atoms with Crippen LogP contribution in [-0.2, 0) is 0 Å². The first kappa shape index (κ1) is 22.9. The minimum absolute atomic E-state index is 0.106. The Hall–Kier alpha value is -2.84. The second-order valence-electron chi connectivity index (χ2n) is 10.4. The van der Waals surface area contributed by atoms with Crippen LogP contribution in [0.15, 0.2) is 30.7 Å². The number of pyridine rings is 2. The molecule has 4 heterocycles. The molecule has 34 heavy (non-hydrogen) atoms. The lowest BCUT2D eigenvalue weighted by atomic mass is 9.79. The van der Waals surface area contributed by atoms with Gasteiger partial charge in [0.25, 0.3) is 0 Å². The van der Waals surface area contributed by atoms with E-state index in [1.165, 1.54) is 18.4 Å². The molecule has 0 spiro atoms. The van der Waals surface area contributed by atoms with E-state index in [1.54, 1.807) is 0 Å². The highest BCUT2D eigenvalue weighted by atomic mass is 15.2. The zero-order valence-electron chi connectivity index (χ0n) is 20.9. The van der Waals surface area contributed by atoms with Gasteiger partial charge in [-0.1, -0.05) is 13.8 Å². The van der Waals surface area contributed by atoms with Crippen LogP contribution >= 0.6 is 0 Å². The molecule has 0 amide bonds. The van der Waals surface area contributed by atoms with Crippen molar-refractivity contribution in [3.05, 3.63) is 36.3 Å². The van der Waals surface area contributed by atoms with Crippen LogP contribution in [0.5, 0.6) is 0 Å². The quantitative estimate of drug-likeness (QED) is 0.459. The first-order valence-corrected chi connectivity index (χ1v) is 12.4. The van der Waals surface area contributed by atoms with Gasteiger partial charge in [0.15, 0.2) is 5.82 Å². The smallest absolute Gasteiger partial charge is 0.162 e. The molecule has 2 unspecified atom stereocenters. The molecule has 1 saturated carbocycles. The Kier molecular flexibility index (Phi) is 6.12. The van der Waals surface area contributed by atoms with Crippen molar-refractivity contribution in [3.63, 3.8) is 0 Å². The highest BCUT2D eigenvalue weighted by Gasteiger charge is 2.37. The van der Waals surface area contributed by atoms with Crippen molar-refractivity contribution in [1.29, 1.82) is 0 Å². The topological polar surface area (TPSA) is 90.9 Å². The van der Waals surface area contributed by atoms with Gasteiger partial charge in [0.1, 0.15) is 11.6 Å². The van der Waals surface area contributed by atoms with Crippen LogP contribution in [0.4, 0.5) is 11.6 Å². The van der Waals surface area contributed by atoms with Crippen molar-refractivity contribution in [2.24, 2.45) is 5.41 Å². The molecular weight excluding hydrogens is 424 g/mol. The molecular formula is C26H36N8. The number of rotatable bonds is 7. The number of anilines is 2. The van der Waals surface area contributed by atoms with Crippen LogP contribution in [0, 0.1) is 5.41 Å². The van der Waals surface area contributed by atoms with Gasteiger partial charge >= 0.3 is 0 Å². The number of nitrogens with zero attached hydrogens (tertiary/aromatic N) is 5. The van der Waals surface area contributed by atoms with Crippen LogP contribution < -0.4 is 20.9 Å². The number of aromatic nitrogens is 4. The Morgan fingerprint density at radius 1 is 1.18 bits per heavy atom. The van der Waals surface area contributed by atoms with Crippen molar-refractivity contribution < 1.29 is 0 Å². The number of nitrogens with one attached hydrogen (secondary N) is 3. The van der Waals surface area contributed by atoms with Crippen molar-refractivity contribution in [2.45, 2.75) is 58.2 Å². The van der Waals surface area contributed by atoms with Gasteiger partial charge in [-0.2, -0.15) is 0 Å². The van der Waals surface area contributed by atoms with Gasteiger partial charge in [-0.25, -0.2) is 15.0 Å². The molecule has 180 valence electrons. The van der Waals surface area contributed by atoms with Gasteiger partial charge in [0.05, 0.1) is 17.9 Å². The van der Waals surface area contributed by atoms with Gasteiger partial charge in [0, 0.05) is 43.0 Å². The minimum atomic E-state index is 0.106. The predicted octanol–water partition coefficient (Wildman–Crippen LogP) is 3.77. The third-order valence-corrected chi connectivity index (χ3v) is 7.33. The summed E-state index contributed by atoms with van der Waals surface area (Å²) in [6.07, 6.45) is 9.35. The second kappa shape index (κ2) is 9.07. The van der Waals surface area contributed by atoms with Crippen molar-refractivity contribution >= 4 is 22.5 Å². The summed E-state index contributed by atoms with van der Waals surface area (Å²) in [4.78, 5) is 21.7. The van der Waals surface area contributed by atoms with Crippen molar-refractivity contribution in [2.75, 3.05) is 37.4 Å². The molecule has 3 aromatic heterocycles. The fourth-order valence-electron chi connectivity index (χ4n) is 5.14. The van der Waals surface area contributed by atoms with Gasteiger partial charge in [-0.15, -0.1) is 0 Å². The van der Waals surface area contributed by atoms with E-state index in [0.717, 1.165) is 47.6 Å². The molecule has 3 N–H and O–H groups in total. The summed E-state index contributed by atoms with van der Waals surface area (Å²) in [5.41, 5.74) is 3.28. The second-order valence-corrected chi connectivity index (χ2v) is 10.4. The summed E-state index contributed by atoms with van der Waals surface area (Å²) in [7, 11) is 4.12. The Balaban J connectivity index is 1.64. The van der Waals surface area contributed by atoms with Crippen LogP contribution in [0.25, 0.3) is 22.3 Å². The van der Waals surface area contributed by atoms with E-state index in [2.05, 4.69) is 58.6 Å². The summed E-state index contributed by atoms with van der Waals surface area (Å²) >= 11 is 0. The Labute approximate surface area is 202 Å². The van der Waals surface area contributed by atoms with E-state index in [1.807, 2.05) is 37.8 Å². The van der Waals surface area contributed by atoms with Gasteiger partial charge in [-0.05, 0) is 68.8 Å². The van der Waals surface area contributed by atoms with Gasteiger partial charge in [0.2, 0.25) is 0 Å². The van der Waals surface area contributed by atoms with Crippen LogP contribution in [0.3, 0.4) is 0 Å². The molecule has 2 aliphatic rings. The minimum Gasteiger partial charge on any atom is -0.355 e. The summed E-state index contributed by atoms with van der Waals surface area (Å²) in [5.74, 6) is 3.08. The Morgan fingerprint density at radius 2 is 2.00 bits per heavy atom. The number of fused-ring (bicyclic) bond motifs is 1. The average Bonchev–Trinajstić information content (AvgIpc) is 3.68. The van der Waals surface area contributed by atoms with E-state index in [0.29, 0.717) is 17.8 Å². The molecule has 5 rings (SSSR count). The van der Waals surface area contributed by atoms with Crippen LogP contribution in [-0.4, -0.2) is 59.3 Å². The zero-order valence-corrected chi connectivity index (χ0v) is 20.9. The van der Waals surface area contributed by atoms with Crippen LogP contribution in [0.1, 0.15) is 51.5 Å². The lowest BCUT2D eigenvalue weighted by molar-refractivity contribution is 0.215. The molecule has 8 nitrogen and oxygen atoms in total. The molecule has 0 aromatic carbocycles. The number of hydrogen-bond acceptors (Lipinski definition) is 8. The Bertz CT molecular complexity index is 1170. The molecule has 2 fully saturated rings. The fraction of sp³-hybridized carbons (Fsp3) is 0.538. The van der Waals surface area contributed by atoms with E-state index in [-0.39, 0.29) is 11.6 Å². The lowest BCUT2D eigenvalue weighted by Crippen LogP contribution is -2.53. The largest absolute Gasteiger partial charge is 0.355 e. The number of piperidine rings is 1. The van der Waals surface area contributed by atoms with E-state index in [4.69, 9.17) is 9.97 Å². The average molecular weight is 461 g/mol. The third-order valence-electron chi connectivity index (χ3n) is 7.33. The highest BCUT2D eigenvalue weighted by molar-refractivity contribution is 5.94. The standard InChI is InChI=1S/C26H36N8/c1-16(27-4)31-22-12-18(8-11-30-22)24-32-20-14-29-13-19(17-6-7-17)23(20)25(33-24)34(5)21-9-10-28-15-26(21,2)3/h8,11-14,16-17,21,27-28H,6-7,9-10,15H2,1-5H3,(H,30,31). The summed E-state index contributed by atoms with van der Waals surface area (Å²) in [6.45, 7) is 8.77.